The van der Waals surface area contributed by atoms with Gasteiger partial charge in [0.1, 0.15) is 5.75 Å². The van der Waals surface area contributed by atoms with Gasteiger partial charge in [-0.15, -0.1) is 0 Å². The third-order valence-corrected chi connectivity index (χ3v) is 3.61. The molecule has 0 saturated heterocycles. The molecule has 0 spiro atoms. The number of hydrogen-bond donors (Lipinski definition) is 1. The van der Waals surface area contributed by atoms with E-state index in [4.69, 9.17) is 4.74 Å². The molecular weight excluding hydrogens is 262 g/mol. The van der Waals surface area contributed by atoms with Crippen LogP contribution in [0.2, 0.25) is 0 Å². The number of nitrogens with zero attached hydrogens (tertiary/aromatic N) is 2. The monoisotopic (exact) mass is 287 g/mol. The molecule has 1 aromatic carbocycles. The Morgan fingerprint density at radius 3 is 2.90 bits per heavy atom. The zero-order valence-electron chi connectivity index (χ0n) is 13.2. The molecule has 0 aliphatic rings. The number of rotatable bonds is 8. The second-order valence-electron chi connectivity index (χ2n) is 5.38. The van der Waals surface area contributed by atoms with E-state index in [9.17, 15) is 0 Å². The van der Waals surface area contributed by atoms with Crippen LogP contribution in [-0.2, 0) is 19.5 Å². The van der Waals surface area contributed by atoms with E-state index in [-0.39, 0.29) is 0 Å². The van der Waals surface area contributed by atoms with Crippen LogP contribution in [0.4, 0.5) is 0 Å². The van der Waals surface area contributed by atoms with Crippen molar-refractivity contribution >= 4 is 0 Å². The van der Waals surface area contributed by atoms with Crippen molar-refractivity contribution in [3.63, 3.8) is 0 Å². The molecule has 2 rings (SSSR count). The Hall–Kier alpha value is -1.81. The van der Waals surface area contributed by atoms with Gasteiger partial charge in [0.2, 0.25) is 0 Å². The first-order chi connectivity index (χ1) is 10.2. The van der Waals surface area contributed by atoms with E-state index in [1.165, 1.54) is 11.3 Å². The average Bonchev–Trinajstić information content (AvgIpc) is 2.93. The molecule has 0 aliphatic carbocycles. The topological polar surface area (TPSA) is 39.1 Å². The van der Waals surface area contributed by atoms with Gasteiger partial charge in [0.05, 0.1) is 19.1 Å². The number of aromatic nitrogens is 2. The Kier molecular flexibility index (Phi) is 5.81. The maximum Gasteiger partial charge on any atom is 0.122 e. The molecule has 0 bridgehead atoms. The van der Waals surface area contributed by atoms with Crippen molar-refractivity contribution in [2.24, 2.45) is 0 Å². The highest BCUT2D eigenvalue weighted by atomic mass is 16.5. The highest BCUT2D eigenvalue weighted by Gasteiger charge is 2.09. The first kappa shape index (κ1) is 15.6. The molecular formula is C17H25N3O. The van der Waals surface area contributed by atoms with E-state index < -0.39 is 0 Å². The second-order valence-corrected chi connectivity index (χ2v) is 5.38. The molecule has 0 amide bonds. The van der Waals surface area contributed by atoms with Crippen LogP contribution in [0.1, 0.15) is 31.5 Å². The number of aryl methyl sites for hydroxylation is 1. The molecule has 1 aromatic heterocycles. The van der Waals surface area contributed by atoms with Crippen LogP contribution in [0.3, 0.4) is 0 Å². The highest BCUT2D eigenvalue weighted by molar-refractivity contribution is 5.33. The number of hydrogen-bond acceptors (Lipinski definition) is 3. The Labute approximate surface area is 127 Å². The summed E-state index contributed by atoms with van der Waals surface area (Å²) in [5.74, 6) is 0.960. The normalized spacial score (nSPS) is 12.3. The summed E-state index contributed by atoms with van der Waals surface area (Å²) in [6.45, 7) is 6.25. The van der Waals surface area contributed by atoms with Gasteiger partial charge in [0, 0.05) is 25.3 Å². The maximum atomic E-state index is 5.41. The number of para-hydroxylation sites is 1. The Morgan fingerprint density at radius 2 is 2.14 bits per heavy atom. The van der Waals surface area contributed by atoms with Gasteiger partial charge in [-0.05, 0) is 31.4 Å². The van der Waals surface area contributed by atoms with E-state index in [1.807, 2.05) is 24.7 Å². The molecule has 0 saturated carbocycles. The maximum absolute atomic E-state index is 5.41. The van der Waals surface area contributed by atoms with Gasteiger partial charge >= 0.3 is 0 Å². The summed E-state index contributed by atoms with van der Waals surface area (Å²) in [6.07, 6.45) is 5.93. The number of methoxy groups -OCH3 is 1. The SMILES string of the molecule is CCCn1cncc1CNC(C)Cc1ccccc1OC. The fourth-order valence-corrected chi connectivity index (χ4v) is 2.49. The third kappa shape index (κ3) is 4.33. The fraction of sp³-hybridized carbons (Fsp3) is 0.471. The van der Waals surface area contributed by atoms with Gasteiger partial charge < -0.3 is 14.6 Å². The van der Waals surface area contributed by atoms with E-state index in [0.29, 0.717) is 6.04 Å². The van der Waals surface area contributed by atoms with E-state index in [1.54, 1.807) is 7.11 Å². The molecule has 21 heavy (non-hydrogen) atoms. The summed E-state index contributed by atoms with van der Waals surface area (Å²) in [4.78, 5) is 4.23. The quantitative estimate of drug-likeness (QED) is 0.811. The van der Waals surface area contributed by atoms with Crippen LogP contribution in [0, 0.1) is 0 Å². The highest BCUT2D eigenvalue weighted by Crippen LogP contribution is 2.18. The van der Waals surface area contributed by atoms with Crippen molar-refractivity contribution in [3.05, 3.63) is 48.0 Å². The number of benzene rings is 1. The van der Waals surface area contributed by atoms with E-state index in [0.717, 1.165) is 31.7 Å². The van der Waals surface area contributed by atoms with Crippen molar-refractivity contribution in [1.29, 1.82) is 0 Å². The summed E-state index contributed by atoms with van der Waals surface area (Å²) in [6, 6.07) is 8.58. The third-order valence-electron chi connectivity index (χ3n) is 3.61. The standard InChI is InChI=1S/C17H25N3O/c1-4-9-20-13-18-11-16(20)12-19-14(2)10-15-7-5-6-8-17(15)21-3/h5-8,11,13-14,19H,4,9-10,12H2,1-3H3. The molecule has 2 aromatic rings. The lowest BCUT2D eigenvalue weighted by Gasteiger charge is -2.16. The van der Waals surface area contributed by atoms with Crippen molar-refractivity contribution < 1.29 is 4.74 Å². The summed E-state index contributed by atoms with van der Waals surface area (Å²) in [5, 5.41) is 3.57. The first-order valence-corrected chi connectivity index (χ1v) is 7.58. The molecule has 1 atom stereocenters. The lowest BCUT2D eigenvalue weighted by atomic mass is 10.1. The average molecular weight is 287 g/mol. The van der Waals surface area contributed by atoms with E-state index in [2.05, 4.69) is 40.8 Å². The van der Waals surface area contributed by atoms with Gasteiger partial charge in [0.15, 0.2) is 0 Å². The number of nitrogens with one attached hydrogen (secondary N) is 1. The predicted octanol–water partition coefficient (Wildman–Crippen LogP) is 3.02. The fourth-order valence-electron chi connectivity index (χ4n) is 2.49. The number of imidazole rings is 1. The van der Waals surface area contributed by atoms with Gasteiger partial charge in [-0.3, -0.25) is 0 Å². The minimum Gasteiger partial charge on any atom is -0.496 e. The Morgan fingerprint density at radius 1 is 1.33 bits per heavy atom. The van der Waals surface area contributed by atoms with Crippen molar-refractivity contribution in [3.8, 4) is 5.75 Å². The first-order valence-electron chi connectivity index (χ1n) is 7.58. The molecule has 1 N–H and O–H groups in total. The number of ether oxygens (including phenoxy) is 1. The molecule has 0 radical (unpaired) electrons. The molecule has 114 valence electrons. The summed E-state index contributed by atoms with van der Waals surface area (Å²) >= 11 is 0. The van der Waals surface area contributed by atoms with Crippen LogP contribution in [0.25, 0.3) is 0 Å². The largest absolute Gasteiger partial charge is 0.496 e. The molecule has 1 heterocycles. The molecule has 0 aliphatic heterocycles. The van der Waals surface area contributed by atoms with E-state index >= 15 is 0 Å². The van der Waals surface area contributed by atoms with Gasteiger partial charge in [-0.1, -0.05) is 25.1 Å². The van der Waals surface area contributed by atoms with Crippen LogP contribution < -0.4 is 10.1 Å². The lowest BCUT2D eigenvalue weighted by molar-refractivity contribution is 0.405. The minimum atomic E-state index is 0.381. The van der Waals surface area contributed by atoms with Gasteiger partial charge in [0.25, 0.3) is 0 Å². The van der Waals surface area contributed by atoms with Crippen LogP contribution >= 0.6 is 0 Å². The smallest absolute Gasteiger partial charge is 0.122 e. The Bertz CT molecular complexity index is 550. The van der Waals surface area contributed by atoms with Crippen LogP contribution in [0.15, 0.2) is 36.8 Å². The Balaban J connectivity index is 1.90. The summed E-state index contributed by atoms with van der Waals surface area (Å²) in [7, 11) is 1.72. The van der Waals surface area contributed by atoms with Crippen LogP contribution in [-0.4, -0.2) is 22.7 Å². The molecule has 0 fully saturated rings. The summed E-state index contributed by atoms with van der Waals surface area (Å²) in [5.41, 5.74) is 2.48. The molecule has 1 unspecified atom stereocenters. The van der Waals surface area contributed by atoms with Gasteiger partial charge in [-0.25, -0.2) is 4.98 Å². The zero-order chi connectivity index (χ0) is 15.1. The molecule has 4 heteroatoms. The van der Waals surface area contributed by atoms with Crippen molar-refractivity contribution in [2.75, 3.05) is 7.11 Å². The second kappa shape index (κ2) is 7.84. The van der Waals surface area contributed by atoms with Crippen molar-refractivity contribution in [1.82, 2.24) is 14.9 Å². The lowest BCUT2D eigenvalue weighted by Crippen LogP contribution is -2.28. The zero-order valence-corrected chi connectivity index (χ0v) is 13.2. The predicted molar refractivity (Wildman–Crippen MR) is 85.5 cm³/mol. The summed E-state index contributed by atoms with van der Waals surface area (Å²) < 4.78 is 7.62. The molecule has 4 nitrogen and oxygen atoms in total. The van der Waals surface area contributed by atoms with Gasteiger partial charge in [-0.2, -0.15) is 0 Å². The van der Waals surface area contributed by atoms with Crippen molar-refractivity contribution in [2.45, 2.75) is 45.8 Å². The minimum absolute atomic E-state index is 0.381. The van der Waals surface area contributed by atoms with Crippen LogP contribution in [0.5, 0.6) is 5.75 Å².